The molecule has 2 aromatic rings. The highest BCUT2D eigenvalue weighted by atomic mass is 79.9. The Labute approximate surface area is 144 Å². The fourth-order valence-electron chi connectivity index (χ4n) is 3.56. The summed E-state index contributed by atoms with van der Waals surface area (Å²) < 4.78 is 6.55. The molecule has 3 aliphatic rings. The number of rotatable bonds is 2. The van der Waals surface area contributed by atoms with Crippen molar-refractivity contribution in [1.82, 2.24) is 0 Å². The first-order valence-corrected chi connectivity index (χ1v) is 8.77. The predicted molar refractivity (Wildman–Crippen MR) is 93.6 cm³/mol. The summed E-state index contributed by atoms with van der Waals surface area (Å²) in [7, 11) is 0. The number of hydrogen-bond donors (Lipinski definition) is 0. The fourth-order valence-corrected chi connectivity index (χ4v) is 3.91. The van der Waals surface area contributed by atoms with Gasteiger partial charge >= 0.3 is 6.09 Å². The number of nitrogens with zero attached hydrogens (tertiary/aromatic N) is 1. The van der Waals surface area contributed by atoms with Crippen LogP contribution in [0.15, 0.2) is 53.0 Å². The van der Waals surface area contributed by atoms with E-state index in [2.05, 4.69) is 28.1 Å². The Morgan fingerprint density at radius 2 is 1.96 bits per heavy atom. The third-order valence-corrected chi connectivity index (χ3v) is 5.32. The Kier molecular flexibility index (Phi) is 3.85. The van der Waals surface area contributed by atoms with E-state index in [1.54, 1.807) is 0 Å². The van der Waals surface area contributed by atoms with Crippen LogP contribution in [0.1, 0.15) is 29.9 Å². The summed E-state index contributed by atoms with van der Waals surface area (Å²) in [4.78, 5) is 14.5. The molecule has 1 fully saturated rings. The van der Waals surface area contributed by atoms with Gasteiger partial charge in [0.1, 0.15) is 6.61 Å². The van der Waals surface area contributed by atoms with Crippen molar-refractivity contribution in [3.8, 4) is 0 Å². The molecule has 5 rings (SSSR count). The molecular formula is C19H18BrNO2. The molecule has 1 amide bonds. The molecule has 2 bridgehead atoms. The average molecular weight is 372 g/mol. The number of fused-ring (bicyclic) bond motifs is 1. The van der Waals surface area contributed by atoms with Crippen molar-refractivity contribution >= 4 is 27.7 Å². The molecule has 0 aromatic heterocycles. The van der Waals surface area contributed by atoms with Crippen LogP contribution >= 0.6 is 15.9 Å². The lowest BCUT2D eigenvalue weighted by atomic mass is 9.72. The summed E-state index contributed by atoms with van der Waals surface area (Å²) in [5.41, 5.74) is 3.29. The molecule has 0 atom stereocenters. The van der Waals surface area contributed by atoms with E-state index in [1.807, 2.05) is 41.3 Å². The molecule has 0 spiro atoms. The maximum Gasteiger partial charge on any atom is 0.414 e. The van der Waals surface area contributed by atoms with Gasteiger partial charge in [0.2, 0.25) is 0 Å². The van der Waals surface area contributed by atoms with Gasteiger partial charge in [0, 0.05) is 11.0 Å². The van der Waals surface area contributed by atoms with Crippen LogP contribution in [0.3, 0.4) is 0 Å². The maximum atomic E-state index is 12.7. The summed E-state index contributed by atoms with van der Waals surface area (Å²) in [5.74, 6) is 1.19. The largest absolute Gasteiger partial charge is 0.444 e. The molecule has 0 N–H and O–H groups in total. The second-order valence-electron chi connectivity index (χ2n) is 6.39. The van der Waals surface area contributed by atoms with Crippen LogP contribution in [0, 0.1) is 5.92 Å². The van der Waals surface area contributed by atoms with E-state index in [0.29, 0.717) is 18.4 Å². The molecule has 0 unspecified atom stereocenters. The Balaban J connectivity index is 1.56. The Morgan fingerprint density at radius 1 is 1.17 bits per heavy atom. The number of carbonyl (C=O) groups excluding carboxylic acids is 1. The molecular weight excluding hydrogens is 354 g/mol. The van der Waals surface area contributed by atoms with Gasteiger partial charge in [0.25, 0.3) is 0 Å². The van der Waals surface area contributed by atoms with Gasteiger partial charge in [-0.05, 0) is 47.9 Å². The third kappa shape index (κ3) is 2.88. The van der Waals surface area contributed by atoms with Crippen LogP contribution in [0.5, 0.6) is 0 Å². The lowest BCUT2D eigenvalue weighted by molar-refractivity contribution is 0.144. The SMILES string of the molecule is O=C(OCc1ccccc1)N1CC2CC(C2)c2ccc(Br)cc21. The monoisotopic (exact) mass is 371 g/mol. The normalized spacial score (nSPS) is 21.9. The van der Waals surface area contributed by atoms with Crippen molar-refractivity contribution in [2.24, 2.45) is 5.92 Å². The van der Waals surface area contributed by atoms with E-state index in [0.717, 1.165) is 22.3 Å². The number of hydrogen-bond acceptors (Lipinski definition) is 2. The molecule has 4 heteroatoms. The zero-order valence-corrected chi connectivity index (χ0v) is 14.3. The first kappa shape index (κ1) is 14.8. The zero-order valence-electron chi connectivity index (χ0n) is 12.7. The van der Waals surface area contributed by atoms with Crippen LogP contribution < -0.4 is 4.90 Å². The number of carbonyl (C=O) groups is 1. The minimum atomic E-state index is -0.249. The van der Waals surface area contributed by atoms with Crippen LogP contribution in [0.25, 0.3) is 0 Å². The van der Waals surface area contributed by atoms with E-state index in [-0.39, 0.29) is 6.09 Å². The minimum Gasteiger partial charge on any atom is -0.444 e. The second-order valence-corrected chi connectivity index (χ2v) is 7.30. The number of benzene rings is 2. The fraction of sp³-hybridized carbons (Fsp3) is 0.316. The highest BCUT2D eigenvalue weighted by molar-refractivity contribution is 9.10. The first-order valence-electron chi connectivity index (χ1n) is 7.98. The lowest BCUT2D eigenvalue weighted by Crippen LogP contribution is -2.36. The smallest absolute Gasteiger partial charge is 0.414 e. The highest BCUT2D eigenvalue weighted by Gasteiger charge is 2.39. The number of halogens is 1. The molecule has 1 aliphatic carbocycles. The molecule has 0 saturated heterocycles. The minimum absolute atomic E-state index is 0.249. The van der Waals surface area contributed by atoms with E-state index >= 15 is 0 Å². The topological polar surface area (TPSA) is 29.5 Å². The summed E-state index contributed by atoms with van der Waals surface area (Å²) in [6.45, 7) is 1.07. The number of anilines is 1. The Morgan fingerprint density at radius 3 is 2.74 bits per heavy atom. The summed E-state index contributed by atoms with van der Waals surface area (Å²) >= 11 is 3.52. The van der Waals surface area contributed by atoms with Gasteiger partial charge in [-0.25, -0.2) is 4.79 Å². The second kappa shape index (κ2) is 6.00. The van der Waals surface area contributed by atoms with Gasteiger partial charge in [-0.1, -0.05) is 52.3 Å². The van der Waals surface area contributed by atoms with Crippen molar-refractivity contribution < 1.29 is 9.53 Å². The van der Waals surface area contributed by atoms with Crippen molar-refractivity contribution in [2.45, 2.75) is 25.4 Å². The summed E-state index contributed by atoms with van der Waals surface area (Å²) in [5, 5.41) is 0. The lowest BCUT2D eigenvalue weighted by Gasteiger charge is -2.32. The highest BCUT2D eigenvalue weighted by Crippen LogP contribution is 2.49. The van der Waals surface area contributed by atoms with Crippen molar-refractivity contribution in [3.63, 3.8) is 0 Å². The Bertz CT molecular complexity index is 725. The Hall–Kier alpha value is -1.81. The van der Waals surface area contributed by atoms with Crippen LogP contribution in [-0.4, -0.2) is 12.6 Å². The quantitative estimate of drug-likeness (QED) is 0.734. The van der Waals surface area contributed by atoms with Crippen molar-refractivity contribution in [1.29, 1.82) is 0 Å². The van der Waals surface area contributed by atoms with Gasteiger partial charge in [-0.3, -0.25) is 4.90 Å². The van der Waals surface area contributed by atoms with E-state index in [9.17, 15) is 4.79 Å². The molecule has 23 heavy (non-hydrogen) atoms. The number of amides is 1. The van der Waals surface area contributed by atoms with Crippen LogP contribution in [-0.2, 0) is 11.3 Å². The van der Waals surface area contributed by atoms with Gasteiger partial charge in [0.15, 0.2) is 0 Å². The van der Waals surface area contributed by atoms with Crippen LogP contribution in [0.2, 0.25) is 0 Å². The maximum absolute atomic E-state index is 12.7. The molecule has 2 heterocycles. The predicted octanol–water partition coefficient (Wildman–Crippen LogP) is 5.10. The summed E-state index contributed by atoms with van der Waals surface area (Å²) in [6.07, 6.45) is 2.11. The number of ether oxygens (including phenoxy) is 1. The molecule has 0 radical (unpaired) electrons. The molecule has 2 aromatic carbocycles. The van der Waals surface area contributed by atoms with Crippen molar-refractivity contribution in [2.75, 3.05) is 11.4 Å². The van der Waals surface area contributed by atoms with Crippen LogP contribution in [0.4, 0.5) is 10.5 Å². The third-order valence-electron chi connectivity index (χ3n) is 4.83. The van der Waals surface area contributed by atoms with E-state index in [4.69, 9.17) is 4.74 Å². The van der Waals surface area contributed by atoms with E-state index in [1.165, 1.54) is 18.4 Å². The van der Waals surface area contributed by atoms with Gasteiger partial charge < -0.3 is 4.74 Å². The van der Waals surface area contributed by atoms with Crippen molar-refractivity contribution in [3.05, 3.63) is 64.1 Å². The van der Waals surface area contributed by atoms with E-state index < -0.39 is 0 Å². The molecule has 2 aliphatic heterocycles. The van der Waals surface area contributed by atoms with Gasteiger partial charge in [0.05, 0.1) is 5.69 Å². The van der Waals surface area contributed by atoms with Gasteiger partial charge in [-0.2, -0.15) is 0 Å². The summed E-state index contributed by atoms with van der Waals surface area (Å²) in [6, 6.07) is 16.1. The molecule has 1 saturated carbocycles. The standard InChI is InChI=1S/C19H18BrNO2/c20-16-6-7-17-15-8-14(9-15)11-21(18(17)10-16)19(22)23-12-13-4-2-1-3-5-13/h1-7,10,14-15H,8-9,11-12H2. The van der Waals surface area contributed by atoms with Gasteiger partial charge in [-0.15, -0.1) is 0 Å². The molecule has 118 valence electrons. The molecule has 3 nitrogen and oxygen atoms in total. The zero-order chi connectivity index (χ0) is 15.8. The first-order chi connectivity index (χ1) is 11.2. The average Bonchev–Trinajstić information content (AvgIpc) is 2.78.